The topological polar surface area (TPSA) is 69.7 Å². The SMILES string of the molecule is CCOc1ccc(NC(=O)/C=C/c2ccccc2OCc2csc(C)n2)cc1OC. The first kappa shape index (κ1) is 21.4. The molecule has 0 aliphatic carbocycles. The van der Waals surface area contributed by atoms with Gasteiger partial charge in [-0.15, -0.1) is 11.3 Å². The molecular formula is C23H24N2O4S. The van der Waals surface area contributed by atoms with Gasteiger partial charge in [-0.1, -0.05) is 18.2 Å². The number of aromatic nitrogens is 1. The maximum absolute atomic E-state index is 12.4. The van der Waals surface area contributed by atoms with E-state index in [0.29, 0.717) is 36.1 Å². The highest BCUT2D eigenvalue weighted by Gasteiger charge is 2.07. The van der Waals surface area contributed by atoms with E-state index < -0.39 is 0 Å². The molecule has 0 saturated heterocycles. The quantitative estimate of drug-likeness (QED) is 0.485. The van der Waals surface area contributed by atoms with Crippen molar-refractivity contribution in [1.29, 1.82) is 0 Å². The molecule has 0 radical (unpaired) electrons. The van der Waals surface area contributed by atoms with Crippen molar-refractivity contribution >= 4 is 29.0 Å². The highest BCUT2D eigenvalue weighted by molar-refractivity contribution is 7.09. The molecule has 0 atom stereocenters. The number of carbonyl (C=O) groups excluding carboxylic acids is 1. The fourth-order valence-corrected chi connectivity index (χ4v) is 3.34. The third-order valence-corrected chi connectivity index (χ3v) is 4.93. The fourth-order valence-electron chi connectivity index (χ4n) is 2.75. The number of benzene rings is 2. The lowest BCUT2D eigenvalue weighted by molar-refractivity contribution is -0.111. The van der Waals surface area contributed by atoms with E-state index in [0.717, 1.165) is 16.3 Å². The van der Waals surface area contributed by atoms with Gasteiger partial charge in [-0.25, -0.2) is 4.98 Å². The minimum atomic E-state index is -0.258. The first-order valence-corrected chi connectivity index (χ1v) is 10.4. The molecule has 0 unspecified atom stereocenters. The molecule has 0 aliphatic heterocycles. The number of hydrogen-bond donors (Lipinski definition) is 1. The second-order valence-corrected chi connectivity index (χ2v) is 7.37. The fraction of sp³-hybridized carbons (Fsp3) is 0.217. The molecule has 3 rings (SSSR count). The van der Waals surface area contributed by atoms with Gasteiger partial charge in [0.1, 0.15) is 12.4 Å². The van der Waals surface area contributed by atoms with Crippen molar-refractivity contribution < 1.29 is 19.0 Å². The van der Waals surface area contributed by atoms with Gasteiger partial charge in [0.15, 0.2) is 11.5 Å². The first-order chi connectivity index (χ1) is 14.6. The number of nitrogens with zero attached hydrogens (tertiary/aromatic N) is 1. The van der Waals surface area contributed by atoms with Crippen molar-refractivity contribution in [3.8, 4) is 17.2 Å². The zero-order chi connectivity index (χ0) is 21.3. The third-order valence-electron chi connectivity index (χ3n) is 4.11. The van der Waals surface area contributed by atoms with Crippen LogP contribution in [0.3, 0.4) is 0 Å². The van der Waals surface area contributed by atoms with E-state index in [1.54, 1.807) is 42.7 Å². The van der Waals surface area contributed by atoms with Gasteiger partial charge < -0.3 is 19.5 Å². The standard InChI is InChI=1S/C23H24N2O4S/c1-4-28-21-11-10-18(13-22(21)27-3)25-23(26)12-9-17-7-5-6-8-20(17)29-14-19-15-30-16(2)24-19/h5-13,15H,4,14H2,1-3H3,(H,25,26)/b12-9+. The molecular weight excluding hydrogens is 400 g/mol. The van der Waals surface area contributed by atoms with Crippen molar-refractivity contribution in [3.05, 3.63) is 70.2 Å². The van der Waals surface area contributed by atoms with Crippen LogP contribution in [0.15, 0.2) is 53.9 Å². The van der Waals surface area contributed by atoms with Gasteiger partial charge in [-0.3, -0.25) is 4.79 Å². The van der Waals surface area contributed by atoms with Crippen molar-refractivity contribution in [2.75, 3.05) is 19.0 Å². The Morgan fingerprint density at radius 3 is 2.70 bits per heavy atom. The molecule has 156 valence electrons. The number of nitrogens with one attached hydrogen (secondary N) is 1. The summed E-state index contributed by atoms with van der Waals surface area (Å²) < 4.78 is 16.7. The van der Waals surface area contributed by atoms with Crippen LogP contribution in [-0.4, -0.2) is 24.6 Å². The summed E-state index contributed by atoms with van der Waals surface area (Å²) in [5, 5.41) is 5.81. The van der Waals surface area contributed by atoms with Crippen molar-refractivity contribution in [1.82, 2.24) is 4.98 Å². The van der Waals surface area contributed by atoms with Crippen LogP contribution in [-0.2, 0) is 11.4 Å². The molecule has 1 N–H and O–H groups in total. The maximum Gasteiger partial charge on any atom is 0.248 e. The molecule has 1 aromatic heterocycles. The Labute approximate surface area is 180 Å². The normalized spacial score (nSPS) is 10.8. The number of methoxy groups -OCH3 is 1. The number of thiazole rings is 1. The number of para-hydroxylation sites is 1. The third kappa shape index (κ3) is 5.84. The smallest absolute Gasteiger partial charge is 0.248 e. The summed E-state index contributed by atoms with van der Waals surface area (Å²) in [6.07, 6.45) is 3.20. The minimum Gasteiger partial charge on any atom is -0.493 e. The van der Waals surface area contributed by atoms with E-state index in [1.807, 2.05) is 43.5 Å². The number of anilines is 1. The summed E-state index contributed by atoms with van der Waals surface area (Å²) in [7, 11) is 1.56. The van der Waals surface area contributed by atoms with Crippen LogP contribution in [0, 0.1) is 6.92 Å². The van der Waals surface area contributed by atoms with E-state index in [4.69, 9.17) is 14.2 Å². The second-order valence-electron chi connectivity index (χ2n) is 6.31. The summed E-state index contributed by atoms with van der Waals surface area (Å²) in [4.78, 5) is 16.8. The number of carbonyl (C=O) groups is 1. The predicted octanol–water partition coefficient (Wildman–Crippen LogP) is 5.09. The van der Waals surface area contributed by atoms with Crippen LogP contribution in [0.25, 0.3) is 6.08 Å². The average molecular weight is 425 g/mol. The van der Waals surface area contributed by atoms with Crippen molar-refractivity contribution in [2.24, 2.45) is 0 Å². The van der Waals surface area contributed by atoms with E-state index in [-0.39, 0.29) is 5.91 Å². The van der Waals surface area contributed by atoms with Crippen LogP contribution in [0.4, 0.5) is 5.69 Å². The summed E-state index contributed by atoms with van der Waals surface area (Å²) in [5.74, 6) is 1.63. The maximum atomic E-state index is 12.4. The van der Waals surface area contributed by atoms with E-state index in [1.165, 1.54) is 6.08 Å². The summed E-state index contributed by atoms with van der Waals surface area (Å²) in [6, 6.07) is 12.8. The van der Waals surface area contributed by atoms with Crippen LogP contribution < -0.4 is 19.5 Å². The Hall–Kier alpha value is -3.32. The van der Waals surface area contributed by atoms with Gasteiger partial charge in [-0.2, -0.15) is 0 Å². The van der Waals surface area contributed by atoms with E-state index in [2.05, 4.69) is 10.3 Å². The highest BCUT2D eigenvalue weighted by atomic mass is 32.1. The Bertz CT molecular complexity index is 1030. The van der Waals surface area contributed by atoms with Crippen molar-refractivity contribution in [2.45, 2.75) is 20.5 Å². The monoisotopic (exact) mass is 424 g/mol. The van der Waals surface area contributed by atoms with Gasteiger partial charge in [0.25, 0.3) is 0 Å². The molecule has 0 bridgehead atoms. The molecule has 0 aliphatic rings. The molecule has 0 saturated carbocycles. The zero-order valence-electron chi connectivity index (χ0n) is 17.2. The Morgan fingerprint density at radius 2 is 1.97 bits per heavy atom. The average Bonchev–Trinajstić information content (AvgIpc) is 3.17. The molecule has 6 nitrogen and oxygen atoms in total. The molecule has 7 heteroatoms. The summed E-state index contributed by atoms with van der Waals surface area (Å²) in [5.41, 5.74) is 2.32. The molecule has 2 aromatic carbocycles. The second kappa shape index (κ2) is 10.5. The minimum absolute atomic E-state index is 0.258. The lowest BCUT2D eigenvalue weighted by Crippen LogP contribution is -2.08. The number of amides is 1. The lowest BCUT2D eigenvalue weighted by Gasteiger charge is -2.11. The molecule has 30 heavy (non-hydrogen) atoms. The molecule has 3 aromatic rings. The van der Waals surface area contributed by atoms with Crippen LogP contribution in [0.5, 0.6) is 17.2 Å². The Balaban J connectivity index is 1.65. The predicted molar refractivity (Wildman–Crippen MR) is 119 cm³/mol. The highest BCUT2D eigenvalue weighted by Crippen LogP contribution is 2.30. The van der Waals surface area contributed by atoms with Crippen LogP contribution in [0.1, 0.15) is 23.2 Å². The van der Waals surface area contributed by atoms with Gasteiger partial charge >= 0.3 is 0 Å². The first-order valence-electron chi connectivity index (χ1n) is 9.51. The van der Waals surface area contributed by atoms with Gasteiger partial charge in [-0.05, 0) is 38.1 Å². The summed E-state index contributed by atoms with van der Waals surface area (Å²) >= 11 is 1.59. The largest absolute Gasteiger partial charge is 0.493 e. The Kier molecular flexibility index (Phi) is 7.45. The molecule has 1 heterocycles. The number of rotatable bonds is 9. The molecule has 0 spiro atoms. The number of aryl methyl sites for hydroxylation is 1. The van der Waals surface area contributed by atoms with Crippen LogP contribution >= 0.6 is 11.3 Å². The van der Waals surface area contributed by atoms with Crippen molar-refractivity contribution in [3.63, 3.8) is 0 Å². The zero-order valence-corrected chi connectivity index (χ0v) is 18.0. The Morgan fingerprint density at radius 1 is 1.13 bits per heavy atom. The van der Waals surface area contributed by atoms with Gasteiger partial charge in [0.2, 0.25) is 5.91 Å². The van der Waals surface area contributed by atoms with Crippen LogP contribution in [0.2, 0.25) is 0 Å². The van der Waals surface area contributed by atoms with E-state index in [9.17, 15) is 4.79 Å². The van der Waals surface area contributed by atoms with Gasteiger partial charge in [0.05, 0.1) is 24.4 Å². The lowest BCUT2D eigenvalue weighted by atomic mass is 10.2. The molecule has 0 fully saturated rings. The molecule has 1 amide bonds. The number of ether oxygens (including phenoxy) is 3. The summed E-state index contributed by atoms with van der Waals surface area (Å²) in [6.45, 7) is 4.78. The number of hydrogen-bond acceptors (Lipinski definition) is 6. The van der Waals surface area contributed by atoms with E-state index >= 15 is 0 Å². The van der Waals surface area contributed by atoms with Gasteiger partial charge in [0, 0.05) is 28.8 Å².